The maximum atomic E-state index is 12.9. The molecule has 24 heavy (non-hydrogen) atoms. The number of ether oxygens (including phenoxy) is 3. The lowest BCUT2D eigenvalue weighted by Crippen LogP contribution is -2.60. The van der Waals surface area contributed by atoms with E-state index < -0.39 is 17.9 Å². The number of azo groups is 1. The minimum absolute atomic E-state index is 0.226. The van der Waals surface area contributed by atoms with Crippen LogP contribution in [0.5, 0.6) is 5.75 Å². The molecule has 2 aliphatic heterocycles. The van der Waals surface area contributed by atoms with E-state index in [0.29, 0.717) is 6.54 Å². The molecule has 0 bridgehead atoms. The average molecular weight is 332 g/mol. The first kappa shape index (κ1) is 16.9. The van der Waals surface area contributed by atoms with Crippen molar-refractivity contribution < 1.29 is 19.0 Å². The standard InChI is InChI=1S/C18H24N2O4/c1-11-18(15(21)24-16(23-11)17(2,3)4)14(10-19-20-18)12-7-6-8-13(9-12)22-5/h6-9,11,14,16H,10H2,1-5H3/t11-,14-,16-,18+/m1/s1. The number of carbonyl (C=O) groups is 1. The molecule has 0 radical (unpaired) electrons. The second-order valence-electron chi connectivity index (χ2n) is 7.46. The van der Waals surface area contributed by atoms with Crippen LogP contribution in [0.4, 0.5) is 0 Å². The second kappa shape index (κ2) is 5.84. The van der Waals surface area contributed by atoms with Gasteiger partial charge in [-0.3, -0.25) is 0 Å². The maximum absolute atomic E-state index is 12.9. The van der Waals surface area contributed by atoms with Crippen LogP contribution in [-0.2, 0) is 14.3 Å². The fourth-order valence-electron chi connectivity index (χ4n) is 3.27. The van der Waals surface area contributed by atoms with Crippen molar-refractivity contribution >= 4 is 5.97 Å². The predicted molar refractivity (Wildman–Crippen MR) is 88.1 cm³/mol. The van der Waals surface area contributed by atoms with Gasteiger partial charge in [0.1, 0.15) is 5.75 Å². The van der Waals surface area contributed by atoms with Gasteiger partial charge in [-0.05, 0) is 24.6 Å². The highest BCUT2D eigenvalue weighted by Gasteiger charge is 2.60. The third-order valence-electron chi connectivity index (χ3n) is 4.72. The molecular weight excluding hydrogens is 308 g/mol. The molecule has 0 unspecified atom stereocenters. The Morgan fingerprint density at radius 1 is 1.33 bits per heavy atom. The number of esters is 1. The van der Waals surface area contributed by atoms with Gasteiger partial charge in [-0.25, -0.2) is 4.79 Å². The van der Waals surface area contributed by atoms with E-state index >= 15 is 0 Å². The SMILES string of the molecule is COc1cccc([C@H]2CN=N[C@]23C(=O)O[C@H](C(C)(C)C)O[C@@H]3C)c1. The van der Waals surface area contributed by atoms with Crippen LogP contribution in [-0.4, -0.2) is 37.6 Å². The molecular formula is C18H24N2O4. The molecule has 2 aliphatic rings. The van der Waals surface area contributed by atoms with Crippen LogP contribution in [0.15, 0.2) is 34.5 Å². The minimum atomic E-state index is -1.13. The number of cyclic esters (lactones) is 1. The number of methoxy groups -OCH3 is 1. The Balaban J connectivity index is 1.96. The first-order chi connectivity index (χ1) is 11.3. The molecule has 1 aromatic carbocycles. The summed E-state index contributed by atoms with van der Waals surface area (Å²) in [5.41, 5.74) is -0.484. The maximum Gasteiger partial charge on any atom is 0.341 e. The van der Waals surface area contributed by atoms with E-state index in [4.69, 9.17) is 14.2 Å². The van der Waals surface area contributed by atoms with Crippen molar-refractivity contribution in [2.24, 2.45) is 15.6 Å². The van der Waals surface area contributed by atoms with Gasteiger partial charge in [0.2, 0.25) is 11.8 Å². The zero-order chi connectivity index (χ0) is 17.5. The van der Waals surface area contributed by atoms with Crippen LogP contribution in [0, 0.1) is 5.41 Å². The minimum Gasteiger partial charge on any atom is -0.497 e. The highest BCUT2D eigenvalue weighted by molar-refractivity contribution is 5.84. The molecule has 6 nitrogen and oxygen atoms in total. The highest BCUT2D eigenvalue weighted by atomic mass is 16.7. The van der Waals surface area contributed by atoms with Gasteiger partial charge in [0.05, 0.1) is 19.8 Å². The molecule has 1 spiro atoms. The lowest BCUT2D eigenvalue weighted by molar-refractivity contribution is -0.258. The summed E-state index contributed by atoms with van der Waals surface area (Å²) in [6.07, 6.45) is -1.02. The molecule has 130 valence electrons. The summed E-state index contributed by atoms with van der Waals surface area (Å²) in [5, 5.41) is 8.47. The lowest BCUT2D eigenvalue weighted by Gasteiger charge is -2.44. The molecule has 1 saturated heterocycles. The van der Waals surface area contributed by atoms with Crippen LogP contribution >= 0.6 is 0 Å². The average Bonchev–Trinajstić information content (AvgIpc) is 2.97. The fourth-order valence-corrected chi connectivity index (χ4v) is 3.27. The predicted octanol–water partition coefficient (Wildman–Crippen LogP) is 3.32. The van der Waals surface area contributed by atoms with Crippen molar-refractivity contribution in [2.45, 2.75) is 51.5 Å². The smallest absolute Gasteiger partial charge is 0.341 e. The lowest BCUT2D eigenvalue weighted by atomic mass is 9.76. The van der Waals surface area contributed by atoms with E-state index in [9.17, 15) is 4.79 Å². The summed E-state index contributed by atoms with van der Waals surface area (Å²) in [7, 11) is 1.62. The van der Waals surface area contributed by atoms with Crippen molar-refractivity contribution in [3.8, 4) is 5.75 Å². The van der Waals surface area contributed by atoms with Crippen molar-refractivity contribution in [1.29, 1.82) is 0 Å². The molecule has 6 heteroatoms. The van der Waals surface area contributed by atoms with Gasteiger partial charge >= 0.3 is 5.97 Å². The summed E-state index contributed by atoms with van der Waals surface area (Å²) in [6.45, 7) is 8.23. The molecule has 0 saturated carbocycles. The first-order valence-electron chi connectivity index (χ1n) is 8.18. The van der Waals surface area contributed by atoms with E-state index in [0.717, 1.165) is 11.3 Å². The molecule has 0 N–H and O–H groups in total. The molecule has 1 fully saturated rings. The van der Waals surface area contributed by atoms with Crippen LogP contribution < -0.4 is 4.74 Å². The third kappa shape index (κ3) is 2.59. The molecule has 2 heterocycles. The first-order valence-corrected chi connectivity index (χ1v) is 8.18. The zero-order valence-corrected chi connectivity index (χ0v) is 14.8. The van der Waals surface area contributed by atoms with Gasteiger partial charge in [0, 0.05) is 11.3 Å². The van der Waals surface area contributed by atoms with Crippen LogP contribution in [0.25, 0.3) is 0 Å². The topological polar surface area (TPSA) is 69.5 Å². The Bertz CT molecular complexity index is 667. The van der Waals surface area contributed by atoms with E-state index in [1.165, 1.54) is 0 Å². The monoisotopic (exact) mass is 332 g/mol. The Labute approximate surface area is 142 Å². The third-order valence-corrected chi connectivity index (χ3v) is 4.72. The molecule has 1 aromatic rings. The normalized spacial score (nSPS) is 32.9. The fraction of sp³-hybridized carbons (Fsp3) is 0.611. The summed E-state index contributed by atoms with van der Waals surface area (Å²) in [4.78, 5) is 12.9. The van der Waals surface area contributed by atoms with E-state index in [1.54, 1.807) is 7.11 Å². The van der Waals surface area contributed by atoms with Crippen LogP contribution in [0.1, 0.15) is 39.2 Å². The Hall–Kier alpha value is -1.95. The zero-order valence-electron chi connectivity index (χ0n) is 14.8. The van der Waals surface area contributed by atoms with Gasteiger partial charge < -0.3 is 14.2 Å². The number of carbonyl (C=O) groups excluding carboxylic acids is 1. The molecule has 0 amide bonds. The van der Waals surface area contributed by atoms with E-state index in [-0.39, 0.29) is 17.3 Å². The summed E-state index contributed by atoms with van der Waals surface area (Å²) in [6, 6.07) is 7.64. The Kier molecular flexibility index (Phi) is 4.11. The summed E-state index contributed by atoms with van der Waals surface area (Å²) < 4.78 is 17.0. The largest absolute Gasteiger partial charge is 0.497 e. The van der Waals surface area contributed by atoms with Crippen molar-refractivity contribution in [3.63, 3.8) is 0 Å². The number of hydrogen-bond acceptors (Lipinski definition) is 6. The quantitative estimate of drug-likeness (QED) is 0.779. The van der Waals surface area contributed by atoms with Gasteiger partial charge in [-0.15, -0.1) is 0 Å². The number of benzene rings is 1. The molecule has 4 atom stereocenters. The van der Waals surface area contributed by atoms with E-state index in [2.05, 4.69) is 10.2 Å². The Morgan fingerprint density at radius 3 is 2.71 bits per heavy atom. The summed E-state index contributed by atoms with van der Waals surface area (Å²) in [5.74, 6) is 0.145. The van der Waals surface area contributed by atoms with Crippen molar-refractivity contribution in [1.82, 2.24) is 0 Å². The van der Waals surface area contributed by atoms with Gasteiger partial charge in [-0.1, -0.05) is 32.9 Å². The van der Waals surface area contributed by atoms with Gasteiger partial charge in [-0.2, -0.15) is 10.2 Å². The molecule has 0 aliphatic carbocycles. The number of hydrogen-bond donors (Lipinski definition) is 0. The van der Waals surface area contributed by atoms with Gasteiger partial charge in [0.15, 0.2) is 0 Å². The Morgan fingerprint density at radius 2 is 2.08 bits per heavy atom. The molecule has 0 aromatic heterocycles. The van der Waals surface area contributed by atoms with Crippen LogP contribution in [0.3, 0.4) is 0 Å². The van der Waals surface area contributed by atoms with Crippen LogP contribution in [0.2, 0.25) is 0 Å². The van der Waals surface area contributed by atoms with E-state index in [1.807, 2.05) is 52.0 Å². The van der Waals surface area contributed by atoms with Crippen molar-refractivity contribution in [3.05, 3.63) is 29.8 Å². The summed E-state index contributed by atoms with van der Waals surface area (Å²) >= 11 is 0. The number of rotatable bonds is 2. The van der Waals surface area contributed by atoms with Crippen molar-refractivity contribution in [2.75, 3.05) is 13.7 Å². The second-order valence-corrected chi connectivity index (χ2v) is 7.46. The number of nitrogens with zero attached hydrogens (tertiary/aromatic N) is 2. The highest BCUT2D eigenvalue weighted by Crippen LogP contribution is 2.46. The molecule has 3 rings (SSSR count). The van der Waals surface area contributed by atoms with Gasteiger partial charge in [0.25, 0.3) is 0 Å².